The average Bonchev–Trinajstić information content (AvgIpc) is 2.10. The largest absolute Gasteiger partial charge is 0.394 e. The van der Waals surface area contributed by atoms with Crippen LogP contribution in [0.2, 0.25) is 0 Å². The van der Waals surface area contributed by atoms with Crippen LogP contribution in [0.4, 0.5) is 0 Å². The summed E-state index contributed by atoms with van der Waals surface area (Å²) in [5, 5.41) is 16.7. The summed E-state index contributed by atoms with van der Waals surface area (Å²) < 4.78 is 9.95. The van der Waals surface area contributed by atoms with Gasteiger partial charge in [-0.05, 0) is 0 Å². The number of aliphatic hydroxyl groups excluding tert-OH is 2. The second-order valence-corrected chi connectivity index (χ2v) is 4.09. The van der Waals surface area contributed by atoms with Crippen LogP contribution in [0.25, 0.3) is 0 Å². The van der Waals surface area contributed by atoms with Gasteiger partial charge >= 0.3 is 0 Å². The maximum absolute atomic E-state index is 8.35. The summed E-state index contributed by atoms with van der Waals surface area (Å²) >= 11 is 0. The molecule has 0 radical (unpaired) electrons. The van der Waals surface area contributed by atoms with E-state index in [2.05, 4.69) is 0 Å². The molecule has 12 heavy (non-hydrogen) atoms. The molecule has 0 saturated heterocycles. The van der Waals surface area contributed by atoms with Crippen molar-refractivity contribution < 1.29 is 19.7 Å². The Morgan fingerprint density at radius 2 is 1.25 bits per heavy atom. The average molecular weight is 214 g/mol. The molecule has 0 aromatic carbocycles. The number of aliphatic hydroxyl groups is 2. The van der Waals surface area contributed by atoms with Crippen LogP contribution in [0, 0.1) is 0 Å². The molecule has 0 aromatic rings. The Balaban J connectivity index is 2.73. The Morgan fingerprint density at radius 1 is 0.833 bits per heavy atom. The van der Waals surface area contributed by atoms with E-state index in [0.29, 0.717) is 25.1 Å². The quantitative estimate of drug-likeness (QED) is 0.327. The first-order chi connectivity index (χ1) is 5.91. The fourth-order valence-corrected chi connectivity index (χ4v) is 1.71. The van der Waals surface area contributed by atoms with Crippen LogP contribution in [0.5, 0.6) is 0 Å². The van der Waals surface area contributed by atoms with E-state index in [4.69, 9.17) is 19.7 Å². The molecular formula is C6H14O4S2. The van der Waals surface area contributed by atoms with Crippen molar-refractivity contribution in [3.8, 4) is 0 Å². The van der Waals surface area contributed by atoms with Gasteiger partial charge in [0.1, 0.15) is 11.9 Å². The van der Waals surface area contributed by atoms with Crippen LogP contribution < -0.4 is 0 Å². The molecule has 0 heterocycles. The Labute approximate surface area is 80.0 Å². The van der Waals surface area contributed by atoms with E-state index in [1.165, 1.54) is 21.6 Å². The minimum atomic E-state index is 0.0617. The summed E-state index contributed by atoms with van der Waals surface area (Å²) in [5.41, 5.74) is 0. The van der Waals surface area contributed by atoms with Crippen molar-refractivity contribution in [2.24, 2.45) is 0 Å². The van der Waals surface area contributed by atoms with Crippen LogP contribution in [-0.4, -0.2) is 48.5 Å². The standard InChI is InChI=1S/C6H14O4S2/c7-1-3-9-5-11-12-6-10-4-2-8/h7-8H,1-6H2. The molecule has 0 aliphatic heterocycles. The molecule has 4 nitrogen and oxygen atoms in total. The SMILES string of the molecule is OCCOCSSCOCCO. The summed E-state index contributed by atoms with van der Waals surface area (Å²) in [6.07, 6.45) is 0. The second kappa shape index (κ2) is 11.5. The van der Waals surface area contributed by atoms with Gasteiger partial charge in [0.15, 0.2) is 0 Å². The molecule has 0 aromatic heterocycles. The van der Waals surface area contributed by atoms with Crippen molar-refractivity contribution >= 4 is 21.6 Å². The summed E-state index contributed by atoms with van der Waals surface area (Å²) in [6, 6.07) is 0. The predicted octanol–water partition coefficient (Wildman–Crippen LogP) is 0.301. The molecule has 74 valence electrons. The third-order valence-electron chi connectivity index (χ3n) is 0.817. The van der Waals surface area contributed by atoms with E-state index in [9.17, 15) is 0 Å². The van der Waals surface area contributed by atoms with Gasteiger partial charge in [0.2, 0.25) is 0 Å². The molecular weight excluding hydrogens is 200 g/mol. The zero-order chi connectivity index (χ0) is 9.07. The summed E-state index contributed by atoms with van der Waals surface area (Å²) in [4.78, 5) is 0. The molecule has 0 aliphatic rings. The van der Waals surface area contributed by atoms with Crippen molar-refractivity contribution in [1.82, 2.24) is 0 Å². The molecule has 0 saturated carbocycles. The van der Waals surface area contributed by atoms with Gasteiger partial charge in [-0.15, -0.1) is 0 Å². The van der Waals surface area contributed by atoms with E-state index in [-0.39, 0.29) is 13.2 Å². The van der Waals surface area contributed by atoms with Crippen LogP contribution in [0.15, 0.2) is 0 Å². The Hall–Kier alpha value is 0.540. The van der Waals surface area contributed by atoms with E-state index in [0.717, 1.165) is 0 Å². The first kappa shape index (κ1) is 12.5. The van der Waals surface area contributed by atoms with Crippen LogP contribution in [-0.2, 0) is 9.47 Å². The highest BCUT2D eigenvalue weighted by molar-refractivity contribution is 8.76. The second-order valence-electron chi connectivity index (χ2n) is 1.74. The van der Waals surface area contributed by atoms with E-state index >= 15 is 0 Å². The van der Waals surface area contributed by atoms with Crippen LogP contribution in [0.3, 0.4) is 0 Å². The fourth-order valence-electron chi connectivity index (χ4n) is 0.383. The van der Waals surface area contributed by atoms with Gasteiger partial charge in [0, 0.05) is 0 Å². The lowest BCUT2D eigenvalue weighted by atomic mass is 10.8. The zero-order valence-electron chi connectivity index (χ0n) is 6.77. The van der Waals surface area contributed by atoms with Gasteiger partial charge in [-0.25, -0.2) is 0 Å². The summed E-state index contributed by atoms with van der Waals surface area (Å²) in [6.45, 7) is 0.884. The number of ether oxygens (including phenoxy) is 2. The van der Waals surface area contributed by atoms with Gasteiger partial charge in [-0.2, -0.15) is 0 Å². The molecule has 6 heteroatoms. The monoisotopic (exact) mass is 214 g/mol. The van der Waals surface area contributed by atoms with E-state index in [1.807, 2.05) is 0 Å². The Morgan fingerprint density at radius 3 is 1.58 bits per heavy atom. The number of hydrogen-bond donors (Lipinski definition) is 2. The molecule has 0 rings (SSSR count). The normalized spacial score (nSPS) is 10.5. The van der Waals surface area contributed by atoms with E-state index in [1.54, 1.807) is 0 Å². The van der Waals surface area contributed by atoms with Gasteiger partial charge < -0.3 is 19.7 Å². The van der Waals surface area contributed by atoms with Crippen LogP contribution in [0.1, 0.15) is 0 Å². The van der Waals surface area contributed by atoms with Gasteiger partial charge in [-0.3, -0.25) is 0 Å². The van der Waals surface area contributed by atoms with Gasteiger partial charge in [-0.1, -0.05) is 21.6 Å². The molecule has 0 fully saturated rings. The van der Waals surface area contributed by atoms with Crippen molar-refractivity contribution in [3.63, 3.8) is 0 Å². The lowest BCUT2D eigenvalue weighted by Crippen LogP contribution is -1.98. The van der Waals surface area contributed by atoms with Crippen molar-refractivity contribution in [1.29, 1.82) is 0 Å². The highest BCUT2D eigenvalue weighted by Gasteiger charge is 1.90. The van der Waals surface area contributed by atoms with Gasteiger partial charge in [0.05, 0.1) is 26.4 Å². The maximum atomic E-state index is 8.35. The topological polar surface area (TPSA) is 58.9 Å². The molecule has 0 spiro atoms. The summed E-state index contributed by atoms with van der Waals surface area (Å²) in [5.74, 6) is 1.10. The van der Waals surface area contributed by atoms with Crippen LogP contribution >= 0.6 is 21.6 Å². The first-order valence-electron chi connectivity index (χ1n) is 3.53. The highest BCUT2D eigenvalue weighted by atomic mass is 33.1. The summed E-state index contributed by atoms with van der Waals surface area (Å²) in [7, 11) is 3.04. The number of hydrogen-bond acceptors (Lipinski definition) is 6. The maximum Gasteiger partial charge on any atom is 0.102 e. The third kappa shape index (κ3) is 10.5. The molecule has 0 unspecified atom stereocenters. The third-order valence-corrected chi connectivity index (χ3v) is 2.59. The molecule has 0 amide bonds. The van der Waals surface area contributed by atoms with E-state index < -0.39 is 0 Å². The molecule has 0 bridgehead atoms. The minimum absolute atomic E-state index is 0.0617. The first-order valence-corrected chi connectivity index (χ1v) is 6.02. The minimum Gasteiger partial charge on any atom is -0.394 e. The molecule has 0 atom stereocenters. The van der Waals surface area contributed by atoms with Gasteiger partial charge in [0.25, 0.3) is 0 Å². The lowest BCUT2D eigenvalue weighted by molar-refractivity contribution is 0.124. The predicted molar refractivity (Wildman–Crippen MR) is 51.0 cm³/mol. The number of rotatable bonds is 9. The highest BCUT2D eigenvalue weighted by Crippen LogP contribution is 2.20. The van der Waals surface area contributed by atoms with Crippen molar-refractivity contribution in [2.75, 3.05) is 38.3 Å². The lowest BCUT2D eigenvalue weighted by Gasteiger charge is -2.01. The Bertz CT molecular complexity index is 73.9. The fraction of sp³-hybridized carbons (Fsp3) is 1.00. The van der Waals surface area contributed by atoms with Crippen molar-refractivity contribution in [2.45, 2.75) is 0 Å². The smallest absolute Gasteiger partial charge is 0.102 e. The van der Waals surface area contributed by atoms with Crippen molar-refractivity contribution in [3.05, 3.63) is 0 Å². The Kier molecular flexibility index (Phi) is 12.1. The molecule has 2 N–H and O–H groups in total. The molecule has 0 aliphatic carbocycles. The zero-order valence-corrected chi connectivity index (χ0v) is 8.40.